The number of aromatic nitrogens is 3. The van der Waals surface area contributed by atoms with Gasteiger partial charge in [0, 0.05) is 12.0 Å². The molecule has 6 heteroatoms. The molecule has 0 spiro atoms. The van der Waals surface area contributed by atoms with Gasteiger partial charge in [-0.1, -0.05) is 60.7 Å². The fourth-order valence-corrected chi connectivity index (χ4v) is 3.51. The first-order valence-corrected chi connectivity index (χ1v) is 10.1. The van der Waals surface area contributed by atoms with Gasteiger partial charge >= 0.3 is 0 Å². The molecule has 0 radical (unpaired) electrons. The van der Waals surface area contributed by atoms with Gasteiger partial charge in [0.1, 0.15) is 5.75 Å². The second kappa shape index (κ2) is 8.84. The molecule has 0 aliphatic rings. The van der Waals surface area contributed by atoms with Crippen molar-refractivity contribution in [2.45, 2.75) is 19.8 Å². The highest BCUT2D eigenvalue weighted by atomic mass is 32.1. The van der Waals surface area contributed by atoms with Crippen molar-refractivity contribution in [3.8, 4) is 5.75 Å². The van der Waals surface area contributed by atoms with Crippen LogP contribution in [-0.4, -0.2) is 27.7 Å². The number of ether oxygens (including phenoxy) is 1. The van der Waals surface area contributed by atoms with E-state index in [1.165, 1.54) is 5.56 Å². The minimum Gasteiger partial charge on any atom is -0.493 e. The number of H-pyrrole nitrogens is 1. The average molecular weight is 403 g/mol. The number of aryl methyl sites for hydroxylation is 2. The number of fused-ring (bicyclic) bond motifs is 1. The zero-order valence-electron chi connectivity index (χ0n) is 16.2. The van der Waals surface area contributed by atoms with E-state index >= 15 is 0 Å². The molecule has 0 unspecified atom stereocenters. The summed E-state index contributed by atoms with van der Waals surface area (Å²) in [5.74, 6) is 1.60. The first kappa shape index (κ1) is 19.1. The Hall–Kier alpha value is -3.25. The Labute approximate surface area is 174 Å². The molecule has 0 aliphatic carbocycles. The van der Waals surface area contributed by atoms with Crippen molar-refractivity contribution < 1.29 is 4.74 Å². The lowest BCUT2D eigenvalue weighted by Crippen LogP contribution is -2.03. The van der Waals surface area contributed by atoms with Crippen molar-refractivity contribution in [1.29, 1.82) is 0 Å². The van der Waals surface area contributed by atoms with Crippen LogP contribution in [0.5, 0.6) is 5.75 Å². The van der Waals surface area contributed by atoms with Crippen molar-refractivity contribution in [2.24, 2.45) is 5.10 Å². The summed E-state index contributed by atoms with van der Waals surface area (Å²) in [7, 11) is 0. The highest BCUT2D eigenvalue weighted by Crippen LogP contribution is 2.26. The topological polar surface area (TPSA) is 55.2 Å². The van der Waals surface area contributed by atoms with Crippen molar-refractivity contribution in [3.05, 3.63) is 88.5 Å². The maximum absolute atomic E-state index is 5.83. The molecular weight excluding hydrogens is 380 g/mol. The lowest BCUT2D eigenvalue weighted by molar-refractivity contribution is 0.340. The minimum atomic E-state index is 0.475. The fraction of sp³-hybridized carbons (Fsp3) is 0.174. The number of hydrogen-bond acceptors (Lipinski definition) is 4. The number of rotatable bonds is 7. The Balaban J connectivity index is 1.67. The van der Waals surface area contributed by atoms with Gasteiger partial charge in [-0.25, -0.2) is 0 Å². The summed E-state index contributed by atoms with van der Waals surface area (Å²) in [6, 6.07) is 22.6. The molecule has 4 aromatic rings. The van der Waals surface area contributed by atoms with Gasteiger partial charge in [-0.3, -0.25) is 5.10 Å². The lowest BCUT2D eigenvalue weighted by Gasteiger charge is -2.10. The second-order valence-electron chi connectivity index (χ2n) is 6.62. The number of aromatic amines is 1. The highest BCUT2D eigenvalue weighted by Gasteiger charge is 2.09. The fourth-order valence-electron chi connectivity index (χ4n) is 3.31. The maximum atomic E-state index is 5.83. The molecule has 1 aromatic heterocycles. The standard InChI is InChI=1S/C23H22N4OS/c1-2-28-21-14-13-18-10-6-7-11-19(18)20(21)16-24-27-22(25-26-23(27)29)15-12-17-8-4-3-5-9-17/h3-11,13-14,16H,2,12,15H2,1H3,(H,26,29)/b24-16-. The van der Waals surface area contributed by atoms with Gasteiger partial charge in [0.25, 0.3) is 0 Å². The molecule has 1 heterocycles. The molecular formula is C23H22N4OS. The summed E-state index contributed by atoms with van der Waals surface area (Å²) in [6.07, 6.45) is 3.42. The number of hydrogen-bond donors (Lipinski definition) is 1. The SMILES string of the molecule is CCOc1ccc2ccccc2c1/C=N\n1c(CCc2ccccc2)n[nH]c1=S. The smallest absolute Gasteiger partial charge is 0.216 e. The third-order valence-corrected chi connectivity index (χ3v) is 4.99. The number of benzene rings is 3. The van der Waals surface area contributed by atoms with Gasteiger partial charge < -0.3 is 4.74 Å². The van der Waals surface area contributed by atoms with Crippen LogP contribution in [0.25, 0.3) is 10.8 Å². The predicted molar refractivity (Wildman–Crippen MR) is 119 cm³/mol. The van der Waals surface area contributed by atoms with Gasteiger partial charge in [0.15, 0.2) is 5.82 Å². The van der Waals surface area contributed by atoms with E-state index in [0.717, 1.165) is 40.8 Å². The normalized spacial score (nSPS) is 11.3. The predicted octanol–water partition coefficient (Wildman–Crippen LogP) is 5.16. The summed E-state index contributed by atoms with van der Waals surface area (Å²) in [4.78, 5) is 0. The van der Waals surface area contributed by atoms with Crippen molar-refractivity contribution in [2.75, 3.05) is 6.61 Å². The molecule has 3 aromatic carbocycles. The summed E-state index contributed by atoms with van der Waals surface area (Å²) in [5, 5.41) is 14.1. The number of nitrogens with zero attached hydrogens (tertiary/aromatic N) is 3. The van der Waals surface area contributed by atoms with Gasteiger partial charge in [0.05, 0.1) is 12.8 Å². The molecule has 0 fully saturated rings. The van der Waals surface area contributed by atoms with E-state index in [1.54, 1.807) is 4.68 Å². The van der Waals surface area contributed by atoms with Gasteiger partial charge in [-0.05, 0) is 48.0 Å². The molecule has 0 bridgehead atoms. The Kier molecular flexibility index (Phi) is 5.81. The van der Waals surface area contributed by atoms with Crippen molar-refractivity contribution >= 4 is 29.2 Å². The summed E-state index contributed by atoms with van der Waals surface area (Å²) < 4.78 is 8.00. The van der Waals surface area contributed by atoms with Crippen LogP contribution in [0.1, 0.15) is 23.9 Å². The Morgan fingerprint density at radius 3 is 2.66 bits per heavy atom. The van der Waals surface area contributed by atoms with E-state index in [-0.39, 0.29) is 0 Å². The van der Waals surface area contributed by atoms with Crippen LogP contribution in [0.3, 0.4) is 0 Å². The van der Waals surface area contributed by atoms with Crippen LogP contribution in [0.15, 0.2) is 71.8 Å². The van der Waals surface area contributed by atoms with Crippen LogP contribution < -0.4 is 4.74 Å². The zero-order chi connectivity index (χ0) is 20.1. The summed E-state index contributed by atoms with van der Waals surface area (Å²) in [5.41, 5.74) is 2.19. The Morgan fingerprint density at radius 2 is 1.83 bits per heavy atom. The molecule has 0 saturated carbocycles. The van der Waals surface area contributed by atoms with E-state index in [4.69, 9.17) is 17.0 Å². The van der Waals surface area contributed by atoms with E-state index in [9.17, 15) is 0 Å². The zero-order valence-corrected chi connectivity index (χ0v) is 17.0. The molecule has 0 saturated heterocycles. The van der Waals surface area contributed by atoms with E-state index < -0.39 is 0 Å². The molecule has 146 valence electrons. The quantitative estimate of drug-likeness (QED) is 0.343. The highest BCUT2D eigenvalue weighted by molar-refractivity contribution is 7.71. The van der Waals surface area contributed by atoms with Crippen molar-refractivity contribution in [1.82, 2.24) is 14.9 Å². The van der Waals surface area contributed by atoms with Gasteiger partial charge in [0.2, 0.25) is 4.77 Å². The summed E-state index contributed by atoms with van der Waals surface area (Å²) >= 11 is 5.40. The first-order chi connectivity index (χ1) is 14.3. The van der Waals surface area contributed by atoms with Gasteiger partial charge in [-0.15, -0.1) is 0 Å². The second-order valence-corrected chi connectivity index (χ2v) is 7.01. The first-order valence-electron chi connectivity index (χ1n) is 9.65. The monoisotopic (exact) mass is 402 g/mol. The van der Waals surface area contributed by atoms with Gasteiger partial charge in [-0.2, -0.15) is 14.9 Å². The van der Waals surface area contributed by atoms with E-state index in [1.807, 2.05) is 49.5 Å². The maximum Gasteiger partial charge on any atom is 0.216 e. The minimum absolute atomic E-state index is 0.475. The average Bonchev–Trinajstić information content (AvgIpc) is 3.11. The number of nitrogens with one attached hydrogen (secondary N) is 1. The van der Waals surface area contributed by atoms with Crippen LogP contribution in [0, 0.1) is 4.77 Å². The van der Waals surface area contributed by atoms with Crippen LogP contribution in [0.2, 0.25) is 0 Å². The summed E-state index contributed by atoms with van der Waals surface area (Å²) in [6.45, 7) is 2.57. The van der Waals surface area contributed by atoms with Crippen LogP contribution in [-0.2, 0) is 12.8 Å². The molecule has 1 N–H and O–H groups in total. The molecule has 29 heavy (non-hydrogen) atoms. The van der Waals surface area contributed by atoms with Crippen LogP contribution >= 0.6 is 12.2 Å². The largest absolute Gasteiger partial charge is 0.493 e. The third kappa shape index (κ3) is 4.27. The Morgan fingerprint density at radius 1 is 1.03 bits per heavy atom. The van der Waals surface area contributed by atoms with E-state index in [2.05, 4.69) is 45.6 Å². The Bertz CT molecular complexity index is 1190. The molecule has 4 rings (SSSR count). The van der Waals surface area contributed by atoms with E-state index in [0.29, 0.717) is 11.4 Å². The lowest BCUT2D eigenvalue weighted by atomic mass is 10.0. The van der Waals surface area contributed by atoms with Crippen LogP contribution in [0.4, 0.5) is 0 Å². The molecule has 5 nitrogen and oxygen atoms in total. The molecule has 0 atom stereocenters. The van der Waals surface area contributed by atoms with Crippen molar-refractivity contribution in [3.63, 3.8) is 0 Å². The molecule has 0 aliphatic heterocycles. The third-order valence-electron chi connectivity index (χ3n) is 4.73. The molecule has 0 amide bonds.